The first-order valence-electron chi connectivity index (χ1n) is 16.2. The molecule has 1 saturated heterocycles. The number of carbonyl (C=O) groups excluding carboxylic acids is 2. The zero-order valence-electron chi connectivity index (χ0n) is 25.7. The predicted octanol–water partition coefficient (Wildman–Crippen LogP) is 7.55. The smallest absolute Gasteiger partial charge is 0.252 e. The van der Waals surface area contributed by atoms with Crippen LogP contribution in [0.25, 0.3) is 10.9 Å². The molecular formula is C38H41N3O3. The summed E-state index contributed by atoms with van der Waals surface area (Å²) in [7, 11) is 1.64. The van der Waals surface area contributed by atoms with Crippen molar-refractivity contribution in [2.75, 3.05) is 13.7 Å². The second-order valence-corrected chi connectivity index (χ2v) is 12.9. The first-order chi connectivity index (χ1) is 21.5. The minimum atomic E-state index is -0.0280. The first kappa shape index (κ1) is 28.7. The van der Waals surface area contributed by atoms with Gasteiger partial charge < -0.3 is 10.1 Å². The summed E-state index contributed by atoms with van der Waals surface area (Å²) in [6.07, 6.45) is 8.35. The number of Topliss-reactive ketones (excluding diaryl/α,β-unsaturated/α-hetero) is 1. The minimum absolute atomic E-state index is 0.0280. The van der Waals surface area contributed by atoms with Crippen molar-refractivity contribution in [2.45, 2.75) is 76.4 Å². The van der Waals surface area contributed by atoms with Gasteiger partial charge in [-0.3, -0.25) is 14.5 Å². The largest absolute Gasteiger partial charge is 0.494 e. The third-order valence-corrected chi connectivity index (χ3v) is 10.2. The number of ether oxygens (including phenoxy) is 1. The topological polar surface area (TPSA) is 71.5 Å². The molecule has 2 aliphatic heterocycles. The van der Waals surface area contributed by atoms with Gasteiger partial charge in [-0.2, -0.15) is 0 Å². The van der Waals surface area contributed by atoms with Crippen LogP contribution >= 0.6 is 0 Å². The molecule has 1 amide bonds. The van der Waals surface area contributed by atoms with Crippen LogP contribution < -0.4 is 10.1 Å². The zero-order valence-corrected chi connectivity index (χ0v) is 25.7. The maximum atomic E-state index is 13.3. The van der Waals surface area contributed by atoms with Gasteiger partial charge in [0.15, 0.2) is 5.78 Å². The molecule has 7 rings (SSSR count). The number of nitrogens with one attached hydrogen (secondary N) is 1. The molecule has 3 aliphatic rings. The lowest BCUT2D eigenvalue weighted by Crippen LogP contribution is -2.38. The Morgan fingerprint density at radius 3 is 2.43 bits per heavy atom. The zero-order chi connectivity index (χ0) is 30.2. The molecule has 1 N–H and O–H groups in total. The van der Waals surface area contributed by atoms with Crippen LogP contribution in [0.5, 0.6) is 5.75 Å². The number of benzene rings is 3. The van der Waals surface area contributed by atoms with Crippen LogP contribution in [0.3, 0.4) is 0 Å². The SMILES string of the molecule is COc1ccc(C(=O)N[C@H]2CC[C@H](CCN3[C@@H]4CC[C@H]3c3ccc(C(=O)Cc5ccccc5)cc34)CC2)c2ccc(C)nc12. The summed E-state index contributed by atoms with van der Waals surface area (Å²) in [5.74, 6) is 1.54. The number of rotatable bonds is 9. The fourth-order valence-electron chi connectivity index (χ4n) is 7.91. The molecule has 44 heavy (non-hydrogen) atoms. The summed E-state index contributed by atoms with van der Waals surface area (Å²) in [5.41, 5.74) is 7.01. The summed E-state index contributed by atoms with van der Waals surface area (Å²) in [6.45, 7) is 3.05. The summed E-state index contributed by atoms with van der Waals surface area (Å²) in [4.78, 5) is 33.7. The van der Waals surface area contributed by atoms with E-state index in [1.54, 1.807) is 7.11 Å². The van der Waals surface area contributed by atoms with Crippen molar-refractivity contribution in [1.29, 1.82) is 0 Å². The van der Waals surface area contributed by atoms with Gasteiger partial charge in [0, 0.05) is 46.8 Å². The Kier molecular flexibility index (Phi) is 7.94. The molecule has 3 heterocycles. The lowest BCUT2D eigenvalue weighted by molar-refractivity contribution is 0.0919. The summed E-state index contributed by atoms with van der Waals surface area (Å²) in [5, 5.41) is 4.15. The predicted molar refractivity (Wildman–Crippen MR) is 173 cm³/mol. The van der Waals surface area contributed by atoms with Crippen LogP contribution in [-0.2, 0) is 6.42 Å². The van der Waals surface area contributed by atoms with Crippen LogP contribution in [0, 0.1) is 12.8 Å². The van der Waals surface area contributed by atoms with Crippen molar-refractivity contribution in [3.05, 3.63) is 106 Å². The highest BCUT2D eigenvalue weighted by Crippen LogP contribution is 2.53. The lowest BCUT2D eigenvalue weighted by Gasteiger charge is -2.31. The van der Waals surface area contributed by atoms with Crippen LogP contribution in [0.2, 0.25) is 0 Å². The molecule has 226 valence electrons. The third-order valence-electron chi connectivity index (χ3n) is 10.2. The summed E-state index contributed by atoms with van der Waals surface area (Å²) in [6, 6.07) is 25.2. The molecule has 0 radical (unpaired) electrons. The molecule has 1 aliphatic carbocycles. The molecule has 1 aromatic heterocycles. The summed E-state index contributed by atoms with van der Waals surface area (Å²) < 4.78 is 5.50. The van der Waals surface area contributed by atoms with Gasteiger partial charge in [-0.1, -0.05) is 48.5 Å². The van der Waals surface area contributed by atoms with Gasteiger partial charge in [0.05, 0.1) is 7.11 Å². The second kappa shape index (κ2) is 12.2. The molecule has 4 aromatic rings. The minimum Gasteiger partial charge on any atom is -0.494 e. The molecule has 0 spiro atoms. The van der Waals surface area contributed by atoms with E-state index in [-0.39, 0.29) is 17.7 Å². The van der Waals surface area contributed by atoms with Gasteiger partial charge in [0.2, 0.25) is 0 Å². The Balaban J connectivity index is 0.930. The van der Waals surface area contributed by atoms with Gasteiger partial charge in [-0.25, -0.2) is 4.98 Å². The van der Waals surface area contributed by atoms with E-state index in [4.69, 9.17) is 4.74 Å². The Labute approximate surface area is 259 Å². The number of aromatic nitrogens is 1. The number of methoxy groups -OCH3 is 1. The first-order valence-corrected chi connectivity index (χ1v) is 16.2. The molecule has 2 fully saturated rings. The van der Waals surface area contributed by atoms with Gasteiger partial charge in [-0.05, 0) is 105 Å². The molecule has 1 saturated carbocycles. The number of pyridine rings is 1. The Morgan fingerprint density at radius 1 is 0.886 bits per heavy atom. The van der Waals surface area contributed by atoms with Crippen molar-refractivity contribution in [1.82, 2.24) is 15.2 Å². The van der Waals surface area contributed by atoms with Crippen molar-refractivity contribution in [2.24, 2.45) is 5.92 Å². The number of hydrogen-bond donors (Lipinski definition) is 1. The Hall–Kier alpha value is -4.03. The highest BCUT2D eigenvalue weighted by atomic mass is 16.5. The second-order valence-electron chi connectivity index (χ2n) is 12.9. The van der Waals surface area contributed by atoms with Crippen LogP contribution in [-0.4, -0.2) is 41.3 Å². The van der Waals surface area contributed by atoms with Gasteiger partial charge in [-0.15, -0.1) is 0 Å². The number of nitrogens with zero attached hydrogens (tertiary/aromatic N) is 2. The average Bonchev–Trinajstić information content (AvgIpc) is 3.60. The van der Waals surface area contributed by atoms with Gasteiger partial charge in [0.25, 0.3) is 5.91 Å². The van der Waals surface area contributed by atoms with Gasteiger partial charge in [0.1, 0.15) is 11.3 Å². The molecule has 2 atom stereocenters. The standard InChI is InChI=1S/C38H41N3O3/c1-24-8-14-30-31(16-19-36(44-2)37(30)39-24)38(43)40-28-12-9-25(10-13-28)20-21-41-33-17-18-34(41)32-23-27(11-15-29(32)33)35(42)22-26-6-4-3-5-7-26/h3-8,11,14-16,19,23,25,28,33-34H,9-10,12-13,17-18,20-22H2,1-2H3,(H,40,43)/t25-,28-,33-,34+/m0/s1. The van der Waals surface area contributed by atoms with E-state index in [0.717, 1.165) is 60.0 Å². The Morgan fingerprint density at radius 2 is 1.66 bits per heavy atom. The van der Waals surface area contributed by atoms with E-state index < -0.39 is 0 Å². The van der Waals surface area contributed by atoms with E-state index in [9.17, 15) is 9.59 Å². The molecule has 2 bridgehead atoms. The van der Waals surface area contributed by atoms with Crippen molar-refractivity contribution in [3.63, 3.8) is 0 Å². The molecular weight excluding hydrogens is 546 g/mol. The molecule has 6 nitrogen and oxygen atoms in total. The van der Waals surface area contributed by atoms with E-state index in [1.165, 1.54) is 30.4 Å². The fourth-order valence-corrected chi connectivity index (χ4v) is 7.91. The van der Waals surface area contributed by atoms with Crippen LogP contribution in [0.15, 0.2) is 72.8 Å². The number of hydrogen-bond acceptors (Lipinski definition) is 5. The number of aryl methyl sites for hydroxylation is 1. The maximum absolute atomic E-state index is 13.3. The van der Waals surface area contributed by atoms with Gasteiger partial charge >= 0.3 is 0 Å². The monoisotopic (exact) mass is 587 g/mol. The molecule has 3 aromatic carbocycles. The highest BCUT2D eigenvalue weighted by Gasteiger charge is 2.43. The van der Waals surface area contributed by atoms with Crippen molar-refractivity contribution < 1.29 is 14.3 Å². The normalized spacial score (nSPS) is 22.6. The Bertz CT molecular complexity index is 1690. The van der Waals surface area contributed by atoms with Crippen molar-refractivity contribution >= 4 is 22.6 Å². The quantitative estimate of drug-likeness (QED) is 0.205. The van der Waals surface area contributed by atoms with E-state index in [1.807, 2.05) is 67.6 Å². The maximum Gasteiger partial charge on any atom is 0.252 e. The number of amides is 1. The average molecular weight is 588 g/mol. The van der Waals surface area contributed by atoms with E-state index in [0.29, 0.717) is 35.7 Å². The van der Waals surface area contributed by atoms with E-state index in [2.05, 4.69) is 27.3 Å². The fraction of sp³-hybridized carbons (Fsp3) is 0.395. The third kappa shape index (κ3) is 5.52. The number of ketones is 1. The van der Waals surface area contributed by atoms with Crippen LogP contribution in [0.1, 0.15) is 100 Å². The van der Waals surface area contributed by atoms with Crippen LogP contribution in [0.4, 0.5) is 0 Å². The number of carbonyl (C=O) groups is 2. The van der Waals surface area contributed by atoms with Crippen molar-refractivity contribution in [3.8, 4) is 5.75 Å². The lowest BCUT2D eigenvalue weighted by atomic mass is 9.84. The molecule has 0 unspecified atom stereocenters. The van der Waals surface area contributed by atoms with E-state index >= 15 is 0 Å². The molecule has 6 heteroatoms. The highest BCUT2D eigenvalue weighted by molar-refractivity contribution is 6.07. The number of fused-ring (bicyclic) bond motifs is 6. The summed E-state index contributed by atoms with van der Waals surface area (Å²) >= 11 is 0.